The number of thioether (sulfide) groups is 1. The van der Waals surface area contributed by atoms with Crippen molar-refractivity contribution < 1.29 is 4.74 Å². The molecular weight excluding hydrogens is 487 g/mol. The van der Waals surface area contributed by atoms with Crippen LogP contribution in [0.3, 0.4) is 0 Å². The Morgan fingerprint density at radius 1 is 1.36 bits per heavy atom. The van der Waals surface area contributed by atoms with Gasteiger partial charge >= 0.3 is 0 Å². The van der Waals surface area contributed by atoms with Crippen LogP contribution in [0.5, 0.6) is 0 Å². The standard InChI is InChI=1S/C19H36N6OS.HI/c1-7-19(8-2)15(12-16(19)26-5)22-18(20-10-9-11-27-6)21-13-17-24-23-14(3)25(17)4;/h15-16H,7-13H2,1-6H3,(H2,20,21,22);1H. The van der Waals surface area contributed by atoms with Gasteiger partial charge in [0.1, 0.15) is 12.4 Å². The number of methoxy groups -OCH3 is 1. The van der Waals surface area contributed by atoms with Crippen molar-refractivity contribution in [3.63, 3.8) is 0 Å². The molecule has 1 heterocycles. The number of aliphatic imine (C=N–C) groups is 1. The Morgan fingerprint density at radius 2 is 2.07 bits per heavy atom. The summed E-state index contributed by atoms with van der Waals surface area (Å²) in [4.78, 5) is 4.80. The lowest BCUT2D eigenvalue weighted by molar-refractivity contribution is -0.118. The van der Waals surface area contributed by atoms with E-state index in [0.717, 1.165) is 55.6 Å². The molecule has 0 aromatic carbocycles. The third-order valence-electron chi connectivity index (χ3n) is 6.08. The summed E-state index contributed by atoms with van der Waals surface area (Å²) in [5, 5.41) is 15.5. The molecule has 0 bridgehead atoms. The van der Waals surface area contributed by atoms with E-state index in [1.807, 2.05) is 37.4 Å². The number of hydrogen-bond acceptors (Lipinski definition) is 5. The second-order valence-corrected chi connectivity index (χ2v) is 8.24. The Labute approximate surface area is 191 Å². The van der Waals surface area contributed by atoms with Gasteiger partial charge in [0, 0.05) is 32.2 Å². The van der Waals surface area contributed by atoms with Crippen molar-refractivity contribution in [3.05, 3.63) is 11.6 Å². The Kier molecular flexibility index (Phi) is 11.1. The smallest absolute Gasteiger partial charge is 0.191 e. The summed E-state index contributed by atoms with van der Waals surface area (Å²) in [6.45, 7) is 7.90. The van der Waals surface area contributed by atoms with E-state index in [1.165, 1.54) is 0 Å². The van der Waals surface area contributed by atoms with Gasteiger partial charge in [0.15, 0.2) is 11.8 Å². The molecule has 1 aromatic heterocycles. The quantitative estimate of drug-likeness (QED) is 0.212. The van der Waals surface area contributed by atoms with Gasteiger partial charge in [-0.25, -0.2) is 4.99 Å². The molecule has 1 saturated carbocycles. The molecule has 162 valence electrons. The number of hydrogen-bond donors (Lipinski definition) is 2. The largest absolute Gasteiger partial charge is 0.381 e. The molecule has 2 rings (SSSR count). The molecule has 1 aliphatic rings. The highest BCUT2D eigenvalue weighted by Crippen LogP contribution is 2.48. The number of rotatable bonds is 10. The minimum absolute atomic E-state index is 0. The van der Waals surface area contributed by atoms with E-state index in [1.54, 1.807) is 0 Å². The molecule has 0 aliphatic heterocycles. The topological polar surface area (TPSA) is 76.4 Å². The average molecular weight is 525 g/mol. The summed E-state index contributed by atoms with van der Waals surface area (Å²) in [7, 11) is 3.81. The van der Waals surface area contributed by atoms with Crippen LogP contribution in [0.4, 0.5) is 0 Å². The van der Waals surface area contributed by atoms with Crippen LogP contribution in [-0.2, 0) is 18.3 Å². The van der Waals surface area contributed by atoms with Crippen molar-refractivity contribution in [3.8, 4) is 0 Å². The van der Waals surface area contributed by atoms with Crippen LogP contribution in [0, 0.1) is 12.3 Å². The lowest BCUT2D eigenvalue weighted by Gasteiger charge is -2.55. The van der Waals surface area contributed by atoms with Gasteiger partial charge in [0.25, 0.3) is 0 Å². The summed E-state index contributed by atoms with van der Waals surface area (Å²) < 4.78 is 7.72. The number of guanidine groups is 1. The van der Waals surface area contributed by atoms with E-state index in [2.05, 4.69) is 40.9 Å². The first-order chi connectivity index (χ1) is 13.0. The molecule has 0 spiro atoms. The summed E-state index contributed by atoms with van der Waals surface area (Å²) in [6, 6.07) is 0.380. The number of aromatic nitrogens is 3. The maximum Gasteiger partial charge on any atom is 0.191 e. The average Bonchev–Trinajstić information content (AvgIpc) is 2.98. The highest BCUT2D eigenvalue weighted by atomic mass is 127. The first-order valence-electron chi connectivity index (χ1n) is 9.93. The highest BCUT2D eigenvalue weighted by molar-refractivity contribution is 14.0. The lowest BCUT2D eigenvalue weighted by Crippen LogP contribution is -2.65. The molecule has 28 heavy (non-hydrogen) atoms. The molecule has 1 fully saturated rings. The van der Waals surface area contributed by atoms with Gasteiger partial charge in [-0.3, -0.25) is 0 Å². The molecule has 9 heteroatoms. The summed E-state index contributed by atoms with van der Waals surface area (Å²) in [6.07, 6.45) is 6.79. The van der Waals surface area contributed by atoms with Crippen molar-refractivity contribution >= 4 is 41.7 Å². The second kappa shape index (κ2) is 12.2. The zero-order valence-corrected chi connectivity index (χ0v) is 21.3. The predicted octanol–water partition coefficient (Wildman–Crippen LogP) is 3.12. The Balaban J connectivity index is 0.00000392. The monoisotopic (exact) mass is 524 g/mol. The van der Waals surface area contributed by atoms with Crippen molar-refractivity contribution in [1.82, 2.24) is 25.4 Å². The van der Waals surface area contributed by atoms with Crippen molar-refractivity contribution in [1.29, 1.82) is 0 Å². The zero-order chi connectivity index (χ0) is 19.9. The van der Waals surface area contributed by atoms with Gasteiger partial charge < -0.3 is 19.9 Å². The summed E-state index contributed by atoms with van der Waals surface area (Å²) in [5.74, 6) is 3.78. The highest BCUT2D eigenvalue weighted by Gasteiger charge is 2.53. The van der Waals surface area contributed by atoms with Gasteiger partial charge in [-0.15, -0.1) is 34.2 Å². The second-order valence-electron chi connectivity index (χ2n) is 7.26. The Morgan fingerprint density at radius 3 is 2.61 bits per heavy atom. The van der Waals surface area contributed by atoms with E-state index in [0.29, 0.717) is 18.7 Å². The van der Waals surface area contributed by atoms with Crippen molar-refractivity contribution in [2.24, 2.45) is 17.5 Å². The van der Waals surface area contributed by atoms with E-state index in [-0.39, 0.29) is 29.4 Å². The molecule has 2 unspecified atom stereocenters. The van der Waals surface area contributed by atoms with Gasteiger partial charge in [-0.2, -0.15) is 11.8 Å². The number of ether oxygens (including phenoxy) is 1. The van der Waals surface area contributed by atoms with Gasteiger partial charge in [0.2, 0.25) is 0 Å². The predicted molar refractivity (Wildman–Crippen MR) is 129 cm³/mol. The first-order valence-corrected chi connectivity index (χ1v) is 11.3. The fraction of sp³-hybridized carbons (Fsp3) is 0.842. The molecule has 7 nitrogen and oxygen atoms in total. The van der Waals surface area contributed by atoms with Gasteiger partial charge in [-0.1, -0.05) is 13.8 Å². The van der Waals surface area contributed by atoms with Crippen LogP contribution < -0.4 is 10.6 Å². The molecule has 0 amide bonds. The van der Waals surface area contributed by atoms with E-state index >= 15 is 0 Å². The van der Waals surface area contributed by atoms with Crippen molar-refractivity contribution in [2.75, 3.05) is 25.7 Å². The van der Waals surface area contributed by atoms with E-state index < -0.39 is 0 Å². The summed E-state index contributed by atoms with van der Waals surface area (Å²) in [5.41, 5.74) is 0.178. The van der Waals surface area contributed by atoms with Crippen LogP contribution in [-0.4, -0.2) is 58.5 Å². The third kappa shape index (κ3) is 5.75. The minimum Gasteiger partial charge on any atom is -0.381 e. The molecule has 1 aliphatic carbocycles. The van der Waals surface area contributed by atoms with Gasteiger partial charge in [-0.05, 0) is 44.6 Å². The van der Waals surface area contributed by atoms with Crippen molar-refractivity contribution in [2.45, 2.75) is 65.1 Å². The summed E-state index contributed by atoms with van der Waals surface area (Å²) >= 11 is 1.87. The Hall–Kier alpha value is -0.550. The first kappa shape index (κ1) is 25.5. The third-order valence-corrected chi connectivity index (χ3v) is 6.77. The van der Waals surface area contributed by atoms with Crippen LogP contribution in [0.25, 0.3) is 0 Å². The number of nitrogens with one attached hydrogen (secondary N) is 2. The molecule has 2 N–H and O–H groups in total. The van der Waals surface area contributed by atoms with E-state index in [4.69, 9.17) is 9.73 Å². The minimum atomic E-state index is 0. The number of nitrogens with zero attached hydrogens (tertiary/aromatic N) is 4. The molecule has 2 atom stereocenters. The van der Waals surface area contributed by atoms with Crippen LogP contribution in [0.15, 0.2) is 4.99 Å². The zero-order valence-electron chi connectivity index (χ0n) is 18.1. The van der Waals surface area contributed by atoms with Gasteiger partial charge in [0.05, 0.1) is 6.10 Å². The number of halogens is 1. The Bertz CT molecular complexity index is 620. The SMILES string of the molecule is CCC1(CC)C(NC(=NCc2nnc(C)n2C)NCCCSC)CC1OC.I. The fourth-order valence-corrected chi connectivity index (χ4v) is 4.39. The van der Waals surface area contributed by atoms with Crippen LogP contribution in [0.1, 0.15) is 51.2 Å². The molecular formula is C19H37IN6OS. The fourth-order valence-electron chi connectivity index (χ4n) is 3.96. The van der Waals surface area contributed by atoms with Crippen LogP contribution >= 0.6 is 35.7 Å². The maximum absolute atomic E-state index is 5.73. The normalized spacial score (nSPS) is 21.0. The molecule has 0 saturated heterocycles. The molecule has 0 radical (unpaired) electrons. The maximum atomic E-state index is 5.73. The van der Waals surface area contributed by atoms with Crippen LogP contribution in [0.2, 0.25) is 0 Å². The van der Waals surface area contributed by atoms with E-state index in [9.17, 15) is 0 Å². The molecule has 1 aromatic rings. The number of aryl methyl sites for hydroxylation is 1. The lowest BCUT2D eigenvalue weighted by atomic mass is 9.58.